The molecule has 0 aliphatic rings. The summed E-state index contributed by atoms with van der Waals surface area (Å²) in [6.07, 6.45) is 3.16. The maximum atomic E-state index is 8.94. The van der Waals surface area contributed by atoms with Crippen molar-refractivity contribution in [3.63, 3.8) is 0 Å². The first-order valence-corrected chi connectivity index (χ1v) is 6.58. The summed E-state index contributed by atoms with van der Waals surface area (Å²) in [5, 5.41) is 9.63. The zero-order valence-corrected chi connectivity index (χ0v) is 11.2. The predicted molar refractivity (Wildman–Crippen MR) is 72.2 cm³/mol. The van der Waals surface area contributed by atoms with Crippen LogP contribution in [0.2, 0.25) is 0 Å². The molecule has 0 aliphatic carbocycles. The molecule has 0 aliphatic heterocycles. The van der Waals surface area contributed by atoms with E-state index in [2.05, 4.69) is 48.1 Å². The van der Waals surface area contributed by atoms with E-state index in [1.807, 2.05) is 0 Å². The van der Waals surface area contributed by atoms with Crippen LogP contribution in [0.4, 0.5) is 0 Å². The van der Waals surface area contributed by atoms with E-state index in [0.717, 1.165) is 5.75 Å². The maximum absolute atomic E-state index is 8.94. The van der Waals surface area contributed by atoms with E-state index in [1.165, 1.54) is 16.7 Å². The zero-order valence-electron chi connectivity index (χ0n) is 10.3. The maximum Gasteiger partial charge on any atom is 0.172 e. The van der Waals surface area contributed by atoms with Gasteiger partial charge in [0.25, 0.3) is 0 Å². The van der Waals surface area contributed by atoms with Gasteiger partial charge in [-0.05, 0) is 19.4 Å². The predicted octanol–water partition coefficient (Wildman–Crippen LogP) is 3.26. The molecule has 1 heterocycles. The van der Waals surface area contributed by atoms with Crippen LogP contribution < -0.4 is 0 Å². The van der Waals surface area contributed by atoms with Crippen LogP contribution in [0, 0.1) is 25.2 Å². The van der Waals surface area contributed by atoms with Crippen LogP contribution in [-0.4, -0.2) is 9.97 Å². The highest BCUT2D eigenvalue weighted by molar-refractivity contribution is 7.98. The summed E-state index contributed by atoms with van der Waals surface area (Å²) in [6.45, 7) is 4.17. The first-order valence-electron chi connectivity index (χ1n) is 5.60. The lowest BCUT2D eigenvalue weighted by Gasteiger charge is -2.05. The molecule has 90 valence electrons. The molecule has 4 heteroatoms. The highest BCUT2D eigenvalue weighted by Crippen LogP contribution is 2.23. The standard InChI is InChI=1S/C14H13N3S/c1-10-5-11(2)7-12(6-10)9-18-14-13(8-15)16-3-4-17-14/h3-7H,9H2,1-2H3. The summed E-state index contributed by atoms with van der Waals surface area (Å²) in [6, 6.07) is 8.52. The molecule has 0 amide bonds. The van der Waals surface area contributed by atoms with Gasteiger partial charge in [-0.25, -0.2) is 9.97 Å². The summed E-state index contributed by atoms with van der Waals surface area (Å²) in [4.78, 5) is 8.19. The van der Waals surface area contributed by atoms with Crippen molar-refractivity contribution in [2.45, 2.75) is 24.6 Å². The Balaban J connectivity index is 2.14. The molecule has 1 aromatic carbocycles. The Labute approximate surface area is 111 Å². The minimum Gasteiger partial charge on any atom is -0.245 e. The van der Waals surface area contributed by atoms with E-state index in [4.69, 9.17) is 5.26 Å². The summed E-state index contributed by atoms with van der Waals surface area (Å²) in [5.74, 6) is 0.801. The third-order valence-electron chi connectivity index (χ3n) is 2.43. The average molecular weight is 255 g/mol. The number of benzene rings is 1. The first-order chi connectivity index (χ1) is 8.69. The van der Waals surface area contributed by atoms with Crippen LogP contribution >= 0.6 is 11.8 Å². The normalized spacial score (nSPS) is 10.1. The number of aromatic nitrogens is 2. The summed E-state index contributed by atoms with van der Waals surface area (Å²) < 4.78 is 0. The van der Waals surface area contributed by atoms with Gasteiger partial charge >= 0.3 is 0 Å². The fourth-order valence-corrected chi connectivity index (χ4v) is 2.65. The molecule has 0 unspecified atom stereocenters. The highest BCUT2D eigenvalue weighted by atomic mass is 32.2. The summed E-state index contributed by atoms with van der Waals surface area (Å²) in [7, 11) is 0. The van der Waals surface area contributed by atoms with Gasteiger partial charge < -0.3 is 0 Å². The van der Waals surface area contributed by atoms with E-state index in [9.17, 15) is 0 Å². The zero-order chi connectivity index (χ0) is 13.0. The number of thioether (sulfide) groups is 1. The average Bonchev–Trinajstić information content (AvgIpc) is 2.35. The van der Waals surface area contributed by atoms with Gasteiger partial charge in [0, 0.05) is 18.1 Å². The number of nitrogens with zero attached hydrogens (tertiary/aromatic N) is 3. The Bertz CT molecular complexity index is 582. The van der Waals surface area contributed by atoms with Gasteiger partial charge in [-0.15, -0.1) is 0 Å². The topological polar surface area (TPSA) is 49.6 Å². The molecular formula is C14H13N3S. The minimum atomic E-state index is 0.395. The van der Waals surface area contributed by atoms with Crippen molar-refractivity contribution in [2.75, 3.05) is 0 Å². The van der Waals surface area contributed by atoms with Crippen molar-refractivity contribution in [3.8, 4) is 6.07 Å². The van der Waals surface area contributed by atoms with Crippen molar-refractivity contribution in [2.24, 2.45) is 0 Å². The fourth-order valence-electron chi connectivity index (χ4n) is 1.81. The smallest absolute Gasteiger partial charge is 0.172 e. The fraction of sp³-hybridized carbons (Fsp3) is 0.214. The Morgan fingerprint density at radius 2 is 1.78 bits per heavy atom. The van der Waals surface area contributed by atoms with E-state index in [1.54, 1.807) is 24.2 Å². The quantitative estimate of drug-likeness (QED) is 0.790. The van der Waals surface area contributed by atoms with Gasteiger partial charge in [0.05, 0.1) is 0 Å². The largest absolute Gasteiger partial charge is 0.245 e. The SMILES string of the molecule is Cc1cc(C)cc(CSc2nccnc2C#N)c1. The Hall–Kier alpha value is -1.86. The highest BCUT2D eigenvalue weighted by Gasteiger charge is 2.05. The minimum absolute atomic E-state index is 0.395. The molecular weight excluding hydrogens is 242 g/mol. The second kappa shape index (κ2) is 5.65. The van der Waals surface area contributed by atoms with Gasteiger partial charge in [-0.2, -0.15) is 5.26 Å². The molecule has 0 saturated heterocycles. The van der Waals surface area contributed by atoms with Crippen molar-refractivity contribution < 1.29 is 0 Å². The monoisotopic (exact) mass is 255 g/mol. The van der Waals surface area contributed by atoms with Crippen LogP contribution in [0.3, 0.4) is 0 Å². The lowest BCUT2D eigenvalue weighted by atomic mass is 10.1. The first kappa shape index (κ1) is 12.6. The van der Waals surface area contributed by atoms with Crippen molar-refractivity contribution >= 4 is 11.8 Å². The van der Waals surface area contributed by atoms with E-state index in [-0.39, 0.29) is 0 Å². The van der Waals surface area contributed by atoms with Crippen molar-refractivity contribution in [3.05, 3.63) is 53.0 Å². The number of rotatable bonds is 3. The van der Waals surface area contributed by atoms with Gasteiger partial charge in [-0.1, -0.05) is 41.1 Å². The molecule has 0 atom stereocenters. The van der Waals surface area contributed by atoms with E-state index >= 15 is 0 Å². The lowest BCUT2D eigenvalue weighted by molar-refractivity contribution is 1.02. The third kappa shape index (κ3) is 3.08. The van der Waals surface area contributed by atoms with E-state index in [0.29, 0.717) is 10.7 Å². The second-order valence-electron chi connectivity index (χ2n) is 4.11. The molecule has 0 N–H and O–H groups in total. The Kier molecular flexibility index (Phi) is 3.96. The molecule has 0 spiro atoms. The van der Waals surface area contributed by atoms with Crippen LogP contribution in [0.1, 0.15) is 22.4 Å². The van der Waals surface area contributed by atoms with Gasteiger partial charge in [0.2, 0.25) is 0 Å². The number of aryl methyl sites for hydroxylation is 2. The molecule has 3 nitrogen and oxygen atoms in total. The molecule has 1 aromatic heterocycles. The summed E-state index contributed by atoms with van der Waals surface area (Å²) in [5.41, 5.74) is 4.15. The van der Waals surface area contributed by atoms with Crippen LogP contribution in [0.25, 0.3) is 0 Å². The van der Waals surface area contributed by atoms with Gasteiger partial charge in [0.1, 0.15) is 11.1 Å². The summed E-state index contributed by atoms with van der Waals surface area (Å²) >= 11 is 1.55. The Morgan fingerprint density at radius 1 is 1.11 bits per heavy atom. The molecule has 0 radical (unpaired) electrons. The van der Waals surface area contributed by atoms with Crippen LogP contribution in [-0.2, 0) is 5.75 Å². The lowest BCUT2D eigenvalue weighted by Crippen LogP contribution is -1.91. The van der Waals surface area contributed by atoms with Crippen LogP contribution in [0.5, 0.6) is 0 Å². The molecule has 2 rings (SSSR count). The van der Waals surface area contributed by atoms with Gasteiger partial charge in [0.15, 0.2) is 5.69 Å². The number of nitriles is 1. The molecule has 18 heavy (non-hydrogen) atoms. The number of hydrogen-bond acceptors (Lipinski definition) is 4. The Morgan fingerprint density at radius 3 is 2.44 bits per heavy atom. The van der Waals surface area contributed by atoms with Crippen molar-refractivity contribution in [1.82, 2.24) is 9.97 Å². The molecule has 0 saturated carbocycles. The molecule has 0 bridgehead atoms. The van der Waals surface area contributed by atoms with Crippen molar-refractivity contribution in [1.29, 1.82) is 5.26 Å². The van der Waals surface area contributed by atoms with Crippen LogP contribution in [0.15, 0.2) is 35.6 Å². The van der Waals surface area contributed by atoms with Gasteiger partial charge in [-0.3, -0.25) is 0 Å². The molecule has 2 aromatic rings. The second-order valence-corrected chi connectivity index (χ2v) is 5.07. The third-order valence-corrected chi connectivity index (χ3v) is 3.48. The number of hydrogen-bond donors (Lipinski definition) is 0. The van der Waals surface area contributed by atoms with E-state index < -0.39 is 0 Å². The molecule has 0 fully saturated rings.